The molecule has 1 N–H and O–H groups in total. The van der Waals surface area contributed by atoms with E-state index in [0.717, 1.165) is 11.1 Å². The van der Waals surface area contributed by atoms with E-state index in [1.807, 2.05) is 19.9 Å². The summed E-state index contributed by atoms with van der Waals surface area (Å²) in [7, 11) is 0. The lowest BCUT2D eigenvalue weighted by Gasteiger charge is -2.40. The first-order valence-electron chi connectivity index (χ1n) is 8.91. The van der Waals surface area contributed by atoms with Gasteiger partial charge in [0.2, 0.25) is 11.6 Å². The van der Waals surface area contributed by atoms with E-state index in [1.165, 1.54) is 13.2 Å². The van der Waals surface area contributed by atoms with Gasteiger partial charge in [-0.1, -0.05) is 26.0 Å². The molecule has 0 spiro atoms. The molecule has 1 heterocycles. The summed E-state index contributed by atoms with van der Waals surface area (Å²) in [6.45, 7) is 4.97. The molecule has 2 aliphatic rings. The number of carbonyl (C=O) groups excluding carboxylic acids is 3. The number of benzene rings is 1. The first-order chi connectivity index (χ1) is 12.8. The Morgan fingerprint density at radius 2 is 1.96 bits per heavy atom. The molecule has 0 fully saturated rings. The minimum atomic E-state index is -0.649. The Kier molecular flexibility index (Phi) is 3.85. The van der Waals surface area contributed by atoms with Crippen molar-refractivity contribution in [2.24, 2.45) is 0 Å². The van der Waals surface area contributed by atoms with Crippen molar-refractivity contribution in [3.63, 3.8) is 0 Å². The molecule has 6 nitrogen and oxygen atoms in total. The van der Waals surface area contributed by atoms with E-state index in [0.29, 0.717) is 35.3 Å². The molecule has 6 heteroatoms. The van der Waals surface area contributed by atoms with Gasteiger partial charge in [-0.05, 0) is 24.0 Å². The number of rotatable bonds is 2. The van der Waals surface area contributed by atoms with Gasteiger partial charge in [0.1, 0.15) is 11.9 Å². The predicted octanol–water partition coefficient (Wildman–Crippen LogP) is 2.97. The van der Waals surface area contributed by atoms with E-state index in [1.54, 1.807) is 6.07 Å². The quantitative estimate of drug-likeness (QED) is 0.647. The van der Waals surface area contributed by atoms with Gasteiger partial charge < -0.3 is 14.3 Å². The van der Waals surface area contributed by atoms with Crippen LogP contribution in [0.15, 0.2) is 22.8 Å². The number of hydrogen-bond acceptors (Lipinski definition) is 6. The Bertz CT molecular complexity index is 994. The van der Waals surface area contributed by atoms with Crippen molar-refractivity contribution in [3.8, 4) is 11.3 Å². The van der Waals surface area contributed by atoms with Crippen LogP contribution in [0, 0.1) is 0 Å². The summed E-state index contributed by atoms with van der Waals surface area (Å²) < 4.78 is 11.0. The van der Waals surface area contributed by atoms with E-state index in [4.69, 9.17) is 9.15 Å². The Morgan fingerprint density at radius 1 is 1.26 bits per heavy atom. The summed E-state index contributed by atoms with van der Waals surface area (Å²) in [6, 6.07) is 3.69. The number of furan rings is 1. The average molecular weight is 368 g/mol. The Balaban J connectivity index is 1.92. The third-order valence-corrected chi connectivity index (χ3v) is 5.72. The predicted molar refractivity (Wildman–Crippen MR) is 95.6 cm³/mol. The topological polar surface area (TPSA) is 93.8 Å². The zero-order valence-corrected chi connectivity index (χ0v) is 15.4. The number of aliphatic hydroxyl groups is 1. The lowest BCUT2D eigenvalue weighted by molar-refractivity contribution is -0.150. The maximum Gasteiger partial charge on any atom is 0.302 e. The van der Waals surface area contributed by atoms with Crippen LogP contribution in [0.25, 0.3) is 11.3 Å². The van der Waals surface area contributed by atoms with Crippen LogP contribution in [0.2, 0.25) is 0 Å². The summed E-state index contributed by atoms with van der Waals surface area (Å²) in [5.41, 5.74) is 2.65. The maximum absolute atomic E-state index is 12.9. The summed E-state index contributed by atoms with van der Waals surface area (Å²) >= 11 is 0. The van der Waals surface area contributed by atoms with E-state index in [9.17, 15) is 19.5 Å². The first kappa shape index (κ1) is 17.7. The molecule has 1 aromatic heterocycles. The minimum absolute atomic E-state index is 0.155. The van der Waals surface area contributed by atoms with Gasteiger partial charge in [-0.15, -0.1) is 0 Å². The van der Waals surface area contributed by atoms with Crippen molar-refractivity contribution in [3.05, 3.63) is 46.2 Å². The highest BCUT2D eigenvalue weighted by Crippen LogP contribution is 2.45. The smallest absolute Gasteiger partial charge is 0.302 e. The summed E-state index contributed by atoms with van der Waals surface area (Å²) in [5, 5.41) is 9.43. The van der Waals surface area contributed by atoms with Crippen LogP contribution < -0.4 is 0 Å². The number of hydrogen-bond donors (Lipinski definition) is 1. The van der Waals surface area contributed by atoms with Crippen LogP contribution in [0.1, 0.15) is 64.6 Å². The Hall–Kier alpha value is -2.73. The van der Waals surface area contributed by atoms with Gasteiger partial charge in [-0.2, -0.15) is 0 Å². The highest BCUT2D eigenvalue weighted by atomic mass is 16.5. The van der Waals surface area contributed by atoms with Crippen molar-refractivity contribution in [1.29, 1.82) is 0 Å². The first-order valence-corrected chi connectivity index (χ1v) is 8.91. The molecule has 1 aromatic carbocycles. The fraction of sp³-hybridized carbons (Fsp3) is 0.381. The third kappa shape index (κ3) is 2.40. The van der Waals surface area contributed by atoms with Gasteiger partial charge >= 0.3 is 5.97 Å². The molecule has 4 rings (SSSR count). The summed E-state index contributed by atoms with van der Waals surface area (Å²) in [6.07, 6.45) is 2.13. The van der Waals surface area contributed by atoms with Crippen LogP contribution in [-0.2, 0) is 28.0 Å². The molecule has 0 radical (unpaired) electrons. The van der Waals surface area contributed by atoms with Gasteiger partial charge in [0.05, 0.1) is 18.4 Å². The molecule has 0 saturated carbocycles. The zero-order valence-electron chi connectivity index (χ0n) is 15.4. The standard InChI is InChI=1S/C21H20O6/c1-10(23)27-15-7-5-12-14(21(15,2)3)6-4-13-17(12)19(25)18(24)16-11(8-22)9-26-20(13)16/h4,6,9,15,22H,5,7-8H2,1-3H3/t15-/m0/s1. The molecule has 2 aliphatic carbocycles. The van der Waals surface area contributed by atoms with Crippen LogP contribution in [-0.4, -0.2) is 28.7 Å². The molecule has 1 atom stereocenters. The lowest BCUT2D eigenvalue weighted by Crippen LogP contribution is -2.42. The number of carbonyl (C=O) groups is 3. The molecular weight excluding hydrogens is 348 g/mol. The van der Waals surface area contributed by atoms with Gasteiger partial charge in [0.15, 0.2) is 0 Å². The van der Waals surface area contributed by atoms with E-state index in [-0.39, 0.29) is 24.2 Å². The normalized spacial score (nSPS) is 19.9. The largest absolute Gasteiger partial charge is 0.463 e. The molecule has 0 unspecified atom stereocenters. The molecule has 0 bridgehead atoms. The monoisotopic (exact) mass is 368 g/mol. The van der Waals surface area contributed by atoms with Crippen molar-refractivity contribution in [2.45, 2.75) is 51.7 Å². The van der Waals surface area contributed by atoms with Gasteiger partial charge in [0.25, 0.3) is 0 Å². The zero-order chi connectivity index (χ0) is 19.5. The van der Waals surface area contributed by atoms with Crippen molar-refractivity contribution >= 4 is 17.5 Å². The fourth-order valence-corrected chi connectivity index (χ4v) is 4.36. The van der Waals surface area contributed by atoms with E-state index in [2.05, 4.69) is 0 Å². The summed E-state index contributed by atoms with van der Waals surface area (Å²) in [4.78, 5) is 37.1. The number of fused-ring (bicyclic) bond motifs is 5. The number of Topliss-reactive ketones (excluding diaryl/α,β-unsaturated/α-hetero) is 2. The molecule has 2 aromatic rings. The maximum atomic E-state index is 12.9. The van der Waals surface area contributed by atoms with E-state index < -0.39 is 17.0 Å². The highest BCUT2D eigenvalue weighted by Gasteiger charge is 2.44. The average Bonchev–Trinajstić information content (AvgIpc) is 3.05. The highest BCUT2D eigenvalue weighted by molar-refractivity contribution is 6.53. The Morgan fingerprint density at radius 3 is 2.63 bits per heavy atom. The number of ketones is 2. The minimum Gasteiger partial charge on any atom is -0.463 e. The van der Waals surface area contributed by atoms with Gasteiger partial charge in [-0.3, -0.25) is 14.4 Å². The summed E-state index contributed by atoms with van der Waals surface area (Å²) in [5.74, 6) is -1.23. The van der Waals surface area contributed by atoms with Crippen molar-refractivity contribution in [1.82, 2.24) is 0 Å². The molecule has 0 saturated heterocycles. The molecule has 140 valence electrons. The Labute approximate surface area is 156 Å². The molecule has 0 aliphatic heterocycles. The molecule has 27 heavy (non-hydrogen) atoms. The van der Waals surface area contributed by atoms with Gasteiger partial charge in [0, 0.05) is 29.0 Å². The second-order valence-electron chi connectivity index (χ2n) is 7.65. The number of aliphatic hydroxyl groups excluding tert-OH is 1. The lowest BCUT2D eigenvalue weighted by atomic mass is 9.67. The van der Waals surface area contributed by atoms with Crippen molar-refractivity contribution in [2.75, 3.05) is 0 Å². The van der Waals surface area contributed by atoms with Gasteiger partial charge in [-0.25, -0.2) is 0 Å². The second kappa shape index (κ2) is 5.89. The second-order valence-corrected chi connectivity index (χ2v) is 7.65. The molecular formula is C21H20O6. The fourth-order valence-electron chi connectivity index (χ4n) is 4.36. The van der Waals surface area contributed by atoms with E-state index >= 15 is 0 Å². The van der Waals surface area contributed by atoms with Crippen LogP contribution >= 0.6 is 0 Å². The third-order valence-electron chi connectivity index (χ3n) is 5.72. The number of esters is 1. The van der Waals surface area contributed by atoms with Crippen molar-refractivity contribution < 1.29 is 28.6 Å². The van der Waals surface area contributed by atoms with Crippen LogP contribution in [0.5, 0.6) is 0 Å². The SMILES string of the molecule is CC(=O)O[C@H]1CCc2c(ccc3c2C(=O)C(=O)c2c(CO)coc2-3)C1(C)C. The number of ether oxygens (including phenoxy) is 1. The van der Waals surface area contributed by atoms with Crippen LogP contribution in [0.3, 0.4) is 0 Å². The van der Waals surface area contributed by atoms with Crippen LogP contribution in [0.4, 0.5) is 0 Å². The molecule has 0 amide bonds.